The summed E-state index contributed by atoms with van der Waals surface area (Å²) < 4.78 is 27.5. The molecule has 132 valence electrons. The molecule has 0 aliphatic heterocycles. The Balaban J connectivity index is 2.05. The number of anilines is 1. The molecule has 0 spiro atoms. The number of thiophene rings is 1. The number of fused-ring (bicyclic) bond motifs is 1. The number of primary sulfonamides is 1. The number of rotatable bonds is 7. The summed E-state index contributed by atoms with van der Waals surface area (Å²) in [5, 5.41) is 11.0. The zero-order chi connectivity index (χ0) is 17.9. The Bertz CT molecular complexity index is 972. The number of ether oxygens (including phenoxy) is 1. The molecule has 0 amide bonds. The molecule has 0 fully saturated rings. The second kappa shape index (κ2) is 7.44. The van der Waals surface area contributed by atoms with E-state index < -0.39 is 10.0 Å². The van der Waals surface area contributed by atoms with Crippen molar-refractivity contribution in [3.05, 3.63) is 41.5 Å². The Morgan fingerprint density at radius 3 is 2.68 bits per heavy atom. The third-order valence-electron chi connectivity index (χ3n) is 3.52. The molecule has 25 heavy (non-hydrogen) atoms. The maximum Gasteiger partial charge on any atom is 0.210 e. The standard InChI is InChI=1S/C16H18N4O3S2/c1-23-9-13-19-15(18-7-8-25(17,21)22)14-12(10-24-16(14)20-13)11-5-3-2-4-6-11/h2-6,10H,7-9H2,1H3,(H2,17,21,22)(H,18,19,20). The quantitative estimate of drug-likeness (QED) is 0.653. The largest absolute Gasteiger partial charge is 0.377 e. The number of sulfonamides is 1. The molecular weight excluding hydrogens is 360 g/mol. The lowest BCUT2D eigenvalue weighted by molar-refractivity contribution is 0.178. The van der Waals surface area contributed by atoms with Gasteiger partial charge in [0.2, 0.25) is 10.0 Å². The first-order valence-electron chi connectivity index (χ1n) is 7.55. The number of hydrogen-bond donors (Lipinski definition) is 2. The third-order valence-corrected chi connectivity index (χ3v) is 5.16. The van der Waals surface area contributed by atoms with Gasteiger partial charge in [-0.2, -0.15) is 0 Å². The Labute approximate surface area is 149 Å². The molecule has 0 atom stereocenters. The van der Waals surface area contributed by atoms with Crippen LogP contribution in [0.5, 0.6) is 0 Å². The minimum absolute atomic E-state index is 0.168. The van der Waals surface area contributed by atoms with Crippen LogP contribution in [-0.4, -0.2) is 37.8 Å². The van der Waals surface area contributed by atoms with Crippen LogP contribution in [0.1, 0.15) is 5.82 Å². The maximum atomic E-state index is 11.2. The minimum Gasteiger partial charge on any atom is -0.377 e. The SMILES string of the molecule is COCc1nc(NCCS(N)(=O)=O)c2c(-c3ccccc3)csc2n1. The Kier molecular flexibility index (Phi) is 5.28. The summed E-state index contributed by atoms with van der Waals surface area (Å²) in [6.07, 6.45) is 0. The van der Waals surface area contributed by atoms with Crippen molar-refractivity contribution in [1.82, 2.24) is 9.97 Å². The highest BCUT2D eigenvalue weighted by Gasteiger charge is 2.15. The number of hydrogen-bond acceptors (Lipinski definition) is 7. The fourth-order valence-electron chi connectivity index (χ4n) is 2.45. The maximum absolute atomic E-state index is 11.2. The van der Waals surface area contributed by atoms with Crippen LogP contribution in [0, 0.1) is 0 Å². The molecule has 0 unspecified atom stereocenters. The highest BCUT2D eigenvalue weighted by molar-refractivity contribution is 7.89. The first-order chi connectivity index (χ1) is 12.0. The second-order valence-electron chi connectivity index (χ2n) is 5.41. The zero-order valence-corrected chi connectivity index (χ0v) is 15.2. The van der Waals surface area contributed by atoms with Crippen molar-refractivity contribution in [2.45, 2.75) is 6.61 Å². The van der Waals surface area contributed by atoms with Crippen molar-refractivity contribution in [1.29, 1.82) is 0 Å². The Morgan fingerprint density at radius 2 is 2.00 bits per heavy atom. The van der Waals surface area contributed by atoms with Gasteiger partial charge in [0, 0.05) is 24.6 Å². The summed E-state index contributed by atoms with van der Waals surface area (Å²) >= 11 is 1.51. The smallest absolute Gasteiger partial charge is 0.210 e. The van der Waals surface area contributed by atoms with E-state index >= 15 is 0 Å². The Morgan fingerprint density at radius 1 is 1.24 bits per heavy atom. The molecule has 0 bridgehead atoms. The molecule has 0 saturated heterocycles. The van der Waals surface area contributed by atoms with Crippen molar-refractivity contribution in [3.8, 4) is 11.1 Å². The van der Waals surface area contributed by atoms with E-state index in [2.05, 4.69) is 15.3 Å². The average molecular weight is 378 g/mol. The Hall–Kier alpha value is -2.07. The van der Waals surface area contributed by atoms with Gasteiger partial charge in [0.15, 0.2) is 5.82 Å². The van der Waals surface area contributed by atoms with Crippen LogP contribution in [0.25, 0.3) is 21.3 Å². The first-order valence-corrected chi connectivity index (χ1v) is 10.1. The molecule has 2 aromatic heterocycles. The lowest BCUT2D eigenvalue weighted by Crippen LogP contribution is -2.22. The van der Waals surface area contributed by atoms with E-state index in [-0.39, 0.29) is 18.9 Å². The predicted octanol–water partition coefficient (Wildman–Crippen LogP) is 2.21. The average Bonchev–Trinajstić information content (AvgIpc) is 2.99. The number of nitrogens with two attached hydrogens (primary N) is 1. The lowest BCUT2D eigenvalue weighted by Gasteiger charge is -2.10. The van der Waals surface area contributed by atoms with E-state index in [1.165, 1.54) is 11.3 Å². The molecule has 0 aliphatic rings. The highest BCUT2D eigenvalue weighted by atomic mass is 32.2. The van der Waals surface area contributed by atoms with E-state index in [1.807, 2.05) is 35.7 Å². The molecule has 0 saturated carbocycles. The van der Waals surface area contributed by atoms with Gasteiger partial charge in [0.1, 0.15) is 17.3 Å². The van der Waals surface area contributed by atoms with E-state index in [0.29, 0.717) is 11.6 Å². The van der Waals surface area contributed by atoms with Gasteiger partial charge in [-0.15, -0.1) is 11.3 Å². The van der Waals surface area contributed by atoms with Crippen LogP contribution >= 0.6 is 11.3 Å². The fraction of sp³-hybridized carbons (Fsp3) is 0.250. The number of methoxy groups -OCH3 is 1. The second-order valence-corrected chi connectivity index (χ2v) is 8.00. The molecule has 0 radical (unpaired) electrons. The highest BCUT2D eigenvalue weighted by Crippen LogP contribution is 2.36. The normalized spacial score (nSPS) is 11.8. The minimum atomic E-state index is -3.54. The number of nitrogens with one attached hydrogen (secondary N) is 1. The van der Waals surface area contributed by atoms with E-state index in [0.717, 1.165) is 21.3 Å². The van der Waals surface area contributed by atoms with Crippen molar-refractivity contribution in [2.75, 3.05) is 24.7 Å². The van der Waals surface area contributed by atoms with Crippen LogP contribution in [0.4, 0.5) is 5.82 Å². The van der Waals surface area contributed by atoms with Gasteiger partial charge in [0.25, 0.3) is 0 Å². The molecule has 0 aliphatic carbocycles. The van der Waals surface area contributed by atoms with Gasteiger partial charge in [-0.05, 0) is 5.56 Å². The summed E-state index contributed by atoms with van der Waals surface area (Å²) in [6.45, 7) is 0.444. The van der Waals surface area contributed by atoms with Gasteiger partial charge in [-0.25, -0.2) is 23.5 Å². The zero-order valence-electron chi connectivity index (χ0n) is 13.6. The summed E-state index contributed by atoms with van der Waals surface area (Å²) in [7, 11) is -1.97. The molecule has 2 heterocycles. The van der Waals surface area contributed by atoms with Crippen molar-refractivity contribution >= 4 is 37.4 Å². The van der Waals surface area contributed by atoms with Gasteiger partial charge in [0.05, 0.1) is 11.1 Å². The molecule has 7 nitrogen and oxygen atoms in total. The van der Waals surface area contributed by atoms with Crippen LogP contribution in [0.15, 0.2) is 35.7 Å². The van der Waals surface area contributed by atoms with Crippen molar-refractivity contribution in [3.63, 3.8) is 0 Å². The summed E-state index contributed by atoms with van der Waals surface area (Å²) in [6, 6.07) is 9.91. The topological polar surface area (TPSA) is 107 Å². The summed E-state index contributed by atoms with van der Waals surface area (Å²) in [5.74, 6) is 0.943. The van der Waals surface area contributed by atoms with Crippen LogP contribution in [-0.2, 0) is 21.4 Å². The predicted molar refractivity (Wildman–Crippen MR) is 100 cm³/mol. The van der Waals surface area contributed by atoms with Crippen molar-refractivity contribution in [2.24, 2.45) is 5.14 Å². The van der Waals surface area contributed by atoms with Gasteiger partial charge < -0.3 is 10.1 Å². The van der Waals surface area contributed by atoms with Crippen molar-refractivity contribution < 1.29 is 13.2 Å². The molecule has 9 heteroatoms. The molecule has 3 rings (SSSR count). The monoisotopic (exact) mass is 378 g/mol. The van der Waals surface area contributed by atoms with Gasteiger partial charge in [-0.1, -0.05) is 30.3 Å². The van der Waals surface area contributed by atoms with E-state index in [1.54, 1.807) is 7.11 Å². The molecular formula is C16H18N4O3S2. The van der Waals surface area contributed by atoms with E-state index in [4.69, 9.17) is 9.88 Å². The molecule has 1 aromatic carbocycles. The third kappa shape index (κ3) is 4.31. The summed E-state index contributed by atoms with van der Waals surface area (Å²) in [4.78, 5) is 9.84. The van der Waals surface area contributed by atoms with E-state index in [9.17, 15) is 8.42 Å². The lowest BCUT2D eigenvalue weighted by atomic mass is 10.1. The fourth-order valence-corrected chi connectivity index (χ4v) is 3.80. The number of nitrogens with zero attached hydrogens (tertiary/aromatic N) is 2. The van der Waals surface area contributed by atoms with Gasteiger partial charge >= 0.3 is 0 Å². The summed E-state index contributed by atoms with van der Waals surface area (Å²) in [5.41, 5.74) is 2.05. The molecule has 3 N–H and O–H groups in total. The van der Waals surface area contributed by atoms with Crippen LogP contribution < -0.4 is 10.5 Å². The first kappa shape index (κ1) is 17.7. The number of aromatic nitrogens is 2. The van der Waals surface area contributed by atoms with Crippen LogP contribution in [0.3, 0.4) is 0 Å². The van der Waals surface area contributed by atoms with Crippen LogP contribution in [0.2, 0.25) is 0 Å². The van der Waals surface area contributed by atoms with Gasteiger partial charge in [-0.3, -0.25) is 0 Å². The number of benzene rings is 1. The molecule has 3 aromatic rings.